The summed E-state index contributed by atoms with van der Waals surface area (Å²) in [5.41, 5.74) is 2.73. The maximum atomic E-state index is 4.54. The molecule has 0 bridgehead atoms. The van der Waals surface area contributed by atoms with Gasteiger partial charge >= 0.3 is 0 Å². The Morgan fingerprint density at radius 1 is 1.50 bits per heavy atom. The normalized spacial score (nSPS) is 16.9. The van der Waals surface area contributed by atoms with Crippen LogP contribution in [0.2, 0.25) is 0 Å². The van der Waals surface area contributed by atoms with Gasteiger partial charge in [0.15, 0.2) is 0 Å². The van der Waals surface area contributed by atoms with E-state index in [4.69, 9.17) is 0 Å². The van der Waals surface area contributed by atoms with Gasteiger partial charge in [0.1, 0.15) is 0 Å². The number of hydrogen-bond acceptors (Lipinski definition) is 2. The van der Waals surface area contributed by atoms with Crippen LogP contribution in [0.4, 0.5) is 0 Å². The van der Waals surface area contributed by atoms with Crippen molar-refractivity contribution in [1.29, 1.82) is 0 Å². The average Bonchev–Trinajstić information content (AvgIpc) is 2.80. The van der Waals surface area contributed by atoms with E-state index in [2.05, 4.69) is 18.3 Å². The van der Waals surface area contributed by atoms with Crippen molar-refractivity contribution >= 4 is 11.8 Å². The Balaban J connectivity index is 2.42. The topological polar surface area (TPSA) is 17.8 Å². The number of aryl methyl sites for hydroxylation is 1. The van der Waals surface area contributed by atoms with E-state index in [0.717, 1.165) is 5.92 Å². The van der Waals surface area contributed by atoms with E-state index in [1.165, 1.54) is 29.1 Å². The maximum absolute atomic E-state index is 4.54. The summed E-state index contributed by atoms with van der Waals surface area (Å²) in [5, 5.41) is 5.86. The average molecular weight is 182 g/mol. The van der Waals surface area contributed by atoms with Crippen LogP contribution in [0.15, 0.2) is 5.03 Å². The van der Waals surface area contributed by atoms with Gasteiger partial charge in [-0.1, -0.05) is 0 Å². The monoisotopic (exact) mass is 182 g/mol. The first-order chi connectivity index (χ1) is 5.74. The fourth-order valence-corrected chi connectivity index (χ4v) is 2.38. The quantitative estimate of drug-likeness (QED) is 0.653. The van der Waals surface area contributed by atoms with Gasteiger partial charge < -0.3 is 0 Å². The maximum Gasteiger partial charge on any atom is 0.0966 e. The molecule has 0 spiro atoms. The summed E-state index contributed by atoms with van der Waals surface area (Å²) in [5.74, 6) is 0.775. The second-order valence-electron chi connectivity index (χ2n) is 3.42. The Morgan fingerprint density at radius 3 is 2.58 bits per heavy atom. The molecule has 2 nitrogen and oxygen atoms in total. The van der Waals surface area contributed by atoms with Crippen molar-refractivity contribution in [2.75, 3.05) is 6.26 Å². The third-order valence-corrected chi connectivity index (χ3v) is 3.37. The van der Waals surface area contributed by atoms with Gasteiger partial charge in [-0.15, -0.1) is 11.8 Å². The summed E-state index contributed by atoms with van der Waals surface area (Å²) in [6.07, 6.45) is 4.79. The van der Waals surface area contributed by atoms with E-state index in [1.54, 1.807) is 11.8 Å². The van der Waals surface area contributed by atoms with E-state index in [-0.39, 0.29) is 0 Å². The number of rotatable bonds is 2. The summed E-state index contributed by atoms with van der Waals surface area (Å²) in [4.78, 5) is 0. The van der Waals surface area contributed by atoms with E-state index in [9.17, 15) is 0 Å². The van der Waals surface area contributed by atoms with Gasteiger partial charge in [-0.25, -0.2) is 0 Å². The molecule has 1 fully saturated rings. The number of thioether (sulfide) groups is 1. The molecule has 3 heteroatoms. The van der Waals surface area contributed by atoms with Crippen molar-refractivity contribution in [1.82, 2.24) is 9.78 Å². The number of nitrogens with zero attached hydrogens (tertiary/aromatic N) is 2. The second kappa shape index (κ2) is 2.80. The van der Waals surface area contributed by atoms with Gasteiger partial charge in [-0.3, -0.25) is 4.68 Å². The lowest BCUT2D eigenvalue weighted by atomic mass is 10.2. The van der Waals surface area contributed by atoms with Crippen LogP contribution in [0, 0.1) is 6.92 Å². The van der Waals surface area contributed by atoms with E-state index >= 15 is 0 Å². The fourth-order valence-electron chi connectivity index (χ4n) is 1.66. The predicted molar refractivity (Wildman–Crippen MR) is 51.7 cm³/mol. The molecule has 1 heterocycles. The molecule has 0 N–H and O–H groups in total. The minimum atomic E-state index is 0.775. The molecule has 1 aromatic rings. The lowest BCUT2D eigenvalue weighted by Crippen LogP contribution is -1.92. The van der Waals surface area contributed by atoms with Crippen LogP contribution in [-0.4, -0.2) is 16.0 Å². The molecule has 1 aliphatic rings. The summed E-state index contributed by atoms with van der Waals surface area (Å²) >= 11 is 1.79. The molecule has 12 heavy (non-hydrogen) atoms. The zero-order valence-electron chi connectivity index (χ0n) is 7.79. The third-order valence-electron chi connectivity index (χ3n) is 2.41. The molecular weight excluding hydrogens is 168 g/mol. The molecule has 1 saturated carbocycles. The Morgan fingerprint density at radius 2 is 2.17 bits per heavy atom. The minimum Gasteiger partial charge on any atom is -0.262 e. The summed E-state index contributed by atoms with van der Waals surface area (Å²) in [6, 6.07) is 0. The molecule has 2 rings (SSSR count). The van der Waals surface area contributed by atoms with Gasteiger partial charge in [0.25, 0.3) is 0 Å². The van der Waals surface area contributed by atoms with Crippen LogP contribution >= 0.6 is 11.8 Å². The highest BCUT2D eigenvalue weighted by molar-refractivity contribution is 7.98. The molecule has 0 atom stereocenters. The molecule has 1 aromatic heterocycles. The first-order valence-electron chi connectivity index (χ1n) is 4.31. The van der Waals surface area contributed by atoms with Gasteiger partial charge in [-0.05, 0) is 26.0 Å². The van der Waals surface area contributed by atoms with Crippen LogP contribution in [0.25, 0.3) is 0 Å². The van der Waals surface area contributed by atoms with Crippen molar-refractivity contribution in [3.63, 3.8) is 0 Å². The first-order valence-corrected chi connectivity index (χ1v) is 5.54. The van der Waals surface area contributed by atoms with E-state index in [0.29, 0.717) is 0 Å². The predicted octanol–water partition coefficient (Wildman–Crippen LogP) is 2.33. The molecule has 0 amide bonds. The summed E-state index contributed by atoms with van der Waals surface area (Å²) < 4.78 is 2.01. The van der Waals surface area contributed by atoms with Gasteiger partial charge in [-0.2, -0.15) is 5.10 Å². The lowest BCUT2D eigenvalue weighted by Gasteiger charge is -1.96. The second-order valence-corrected chi connectivity index (χ2v) is 4.21. The highest BCUT2D eigenvalue weighted by Crippen LogP contribution is 2.42. The molecule has 0 aliphatic heterocycles. The Hall–Kier alpha value is -0.440. The third kappa shape index (κ3) is 1.16. The van der Waals surface area contributed by atoms with Crippen molar-refractivity contribution < 1.29 is 0 Å². The van der Waals surface area contributed by atoms with Gasteiger partial charge in [0, 0.05) is 18.5 Å². The van der Waals surface area contributed by atoms with Crippen LogP contribution < -0.4 is 0 Å². The zero-order chi connectivity index (χ0) is 8.72. The Bertz CT molecular complexity index is 300. The Kier molecular flexibility index (Phi) is 1.91. The summed E-state index contributed by atoms with van der Waals surface area (Å²) in [6.45, 7) is 2.19. The van der Waals surface area contributed by atoms with Crippen LogP contribution in [0.1, 0.15) is 30.0 Å². The van der Waals surface area contributed by atoms with Gasteiger partial charge in [0.05, 0.1) is 10.7 Å². The van der Waals surface area contributed by atoms with Crippen molar-refractivity contribution in [2.24, 2.45) is 7.05 Å². The van der Waals surface area contributed by atoms with Crippen molar-refractivity contribution in [3.8, 4) is 0 Å². The molecule has 0 saturated heterocycles. The highest BCUT2D eigenvalue weighted by atomic mass is 32.2. The van der Waals surface area contributed by atoms with Crippen LogP contribution in [0.5, 0.6) is 0 Å². The first kappa shape index (κ1) is 8.17. The van der Waals surface area contributed by atoms with Crippen LogP contribution in [0.3, 0.4) is 0 Å². The highest BCUT2D eigenvalue weighted by Gasteiger charge is 2.29. The molecule has 0 aromatic carbocycles. The Labute approximate surface area is 77.3 Å². The molecule has 0 unspecified atom stereocenters. The summed E-state index contributed by atoms with van der Waals surface area (Å²) in [7, 11) is 2.03. The van der Waals surface area contributed by atoms with E-state index < -0.39 is 0 Å². The standard InChI is InChI=1S/C9H14N2S/c1-6-8(7-4-5-7)10-11(2)9(6)12-3/h7H,4-5H2,1-3H3. The van der Waals surface area contributed by atoms with E-state index in [1.807, 2.05) is 11.7 Å². The smallest absolute Gasteiger partial charge is 0.0966 e. The molecule has 1 aliphatic carbocycles. The van der Waals surface area contributed by atoms with Crippen molar-refractivity contribution in [3.05, 3.63) is 11.3 Å². The molecule has 0 radical (unpaired) electrons. The van der Waals surface area contributed by atoms with Gasteiger partial charge in [0.2, 0.25) is 0 Å². The molecular formula is C9H14N2S. The van der Waals surface area contributed by atoms with Crippen molar-refractivity contribution in [2.45, 2.75) is 30.7 Å². The number of hydrogen-bond donors (Lipinski definition) is 0. The SMILES string of the molecule is CSc1c(C)c(C2CC2)nn1C. The van der Waals surface area contributed by atoms with Crippen LogP contribution in [-0.2, 0) is 7.05 Å². The minimum absolute atomic E-state index is 0.775. The lowest BCUT2D eigenvalue weighted by molar-refractivity contribution is 0.685. The largest absolute Gasteiger partial charge is 0.262 e. The zero-order valence-corrected chi connectivity index (χ0v) is 8.61. The fraction of sp³-hybridized carbons (Fsp3) is 0.667. The molecule has 66 valence electrons. The number of aromatic nitrogens is 2.